The summed E-state index contributed by atoms with van der Waals surface area (Å²) in [4.78, 5) is 22.4. The van der Waals surface area contributed by atoms with Crippen LogP contribution in [0.1, 0.15) is 55.4 Å². The molecule has 7 nitrogen and oxygen atoms in total. The molecule has 1 fully saturated rings. The summed E-state index contributed by atoms with van der Waals surface area (Å²) >= 11 is 0. The van der Waals surface area contributed by atoms with Crippen molar-refractivity contribution in [1.82, 2.24) is 5.32 Å². The fraction of sp³-hybridized carbons (Fsp3) is 0.650. The second-order valence-corrected chi connectivity index (χ2v) is 7.99. The van der Waals surface area contributed by atoms with Crippen LogP contribution in [0.3, 0.4) is 0 Å². The Morgan fingerprint density at radius 1 is 1.21 bits per heavy atom. The molecule has 0 aliphatic carbocycles. The molecular weight excluding hydrogens is 462 g/mol. The van der Waals surface area contributed by atoms with Crippen molar-refractivity contribution in [2.75, 3.05) is 20.3 Å². The number of carbonyl (C=O) groups excluding carboxylic acids is 1. The number of carbonyl (C=O) groups is 1. The Bertz CT molecular complexity index is 818. The Morgan fingerprint density at radius 3 is 2.21 bits per heavy atom. The van der Waals surface area contributed by atoms with Crippen molar-refractivity contribution in [3.63, 3.8) is 0 Å². The number of piperidine rings is 1. The van der Waals surface area contributed by atoms with Gasteiger partial charge in [0.1, 0.15) is 0 Å². The average Bonchev–Trinajstić information content (AvgIpc) is 2.74. The highest BCUT2D eigenvalue weighted by atomic mass is 19.4. The van der Waals surface area contributed by atoms with E-state index in [1.165, 1.54) is 14.0 Å². The zero-order chi connectivity index (χ0) is 25.0. The van der Waals surface area contributed by atoms with Gasteiger partial charge in [-0.05, 0) is 37.1 Å². The number of benzene rings is 1. The van der Waals surface area contributed by atoms with Crippen LogP contribution in [-0.4, -0.2) is 42.7 Å². The van der Waals surface area contributed by atoms with Crippen LogP contribution in [0, 0.1) is 10.1 Å². The molecule has 186 valence electrons. The number of nitrogens with one attached hydrogen (secondary N) is 1. The molecule has 1 aromatic rings. The first kappa shape index (κ1) is 26.8. The van der Waals surface area contributed by atoms with Gasteiger partial charge < -0.3 is 14.8 Å². The summed E-state index contributed by atoms with van der Waals surface area (Å²) in [7, 11) is 1.18. The number of nitro groups is 1. The third-order valence-corrected chi connectivity index (χ3v) is 5.71. The van der Waals surface area contributed by atoms with E-state index in [-0.39, 0.29) is 50.5 Å². The molecule has 0 amide bonds. The van der Waals surface area contributed by atoms with Crippen molar-refractivity contribution in [2.24, 2.45) is 0 Å². The van der Waals surface area contributed by atoms with E-state index in [2.05, 4.69) is 10.1 Å². The topological polar surface area (TPSA) is 90.7 Å². The number of esters is 1. The van der Waals surface area contributed by atoms with Crippen LogP contribution < -0.4 is 5.32 Å². The Kier molecular flexibility index (Phi) is 8.33. The van der Waals surface area contributed by atoms with Gasteiger partial charge in [-0.3, -0.25) is 14.9 Å². The van der Waals surface area contributed by atoms with E-state index >= 15 is 0 Å². The van der Waals surface area contributed by atoms with Gasteiger partial charge >= 0.3 is 18.3 Å². The molecule has 13 heteroatoms. The van der Waals surface area contributed by atoms with Crippen molar-refractivity contribution in [2.45, 2.75) is 62.6 Å². The van der Waals surface area contributed by atoms with E-state index in [0.717, 1.165) is 0 Å². The van der Waals surface area contributed by atoms with Crippen molar-refractivity contribution in [3.8, 4) is 0 Å². The zero-order valence-electron chi connectivity index (χ0n) is 17.9. The molecule has 33 heavy (non-hydrogen) atoms. The first-order valence-corrected chi connectivity index (χ1v) is 10.0. The minimum Gasteiger partial charge on any atom is -0.469 e. The van der Waals surface area contributed by atoms with Crippen LogP contribution in [0.25, 0.3) is 0 Å². The number of ether oxygens (including phenoxy) is 2. The molecule has 0 radical (unpaired) electrons. The Balaban J connectivity index is 2.03. The number of hydrogen-bond acceptors (Lipinski definition) is 6. The number of halogens is 6. The normalized spacial score (nSPS) is 22.6. The van der Waals surface area contributed by atoms with Crippen molar-refractivity contribution in [3.05, 3.63) is 45.0 Å². The summed E-state index contributed by atoms with van der Waals surface area (Å²) in [5.74, 6) is -0.574. The molecule has 1 aliphatic rings. The molecule has 3 atom stereocenters. The molecule has 0 spiro atoms. The summed E-state index contributed by atoms with van der Waals surface area (Å²) in [6.45, 7) is 1.18. The van der Waals surface area contributed by atoms with Crippen LogP contribution >= 0.6 is 0 Å². The first-order valence-electron chi connectivity index (χ1n) is 10.0. The van der Waals surface area contributed by atoms with Gasteiger partial charge in [0.2, 0.25) is 5.54 Å². The Labute approximate surface area is 185 Å². The predicted octanol–water partition coefficient (Wildman–Crippen LogP) is 4.52. The fourth-order valence-corrected chi connectivity index (χ4v) is 3.58. The smallest absolute Gasteiger partial charge is 0.416 e. The van der Waals surface area contributed by atoms with Crippen molar-refractivity contribution < 1.29 is 45.5 Å². The van der Waals surface area contributed by atoms with Gasteiger partial charge in [-0.25, -0.2) is 0 Å². The lowest BCUT2D eigenvalue weighted by Crippen LogP contribution is -2.56. The monoisotopic (exact) mass is 486 g/mol. The first-order chi connectivity index (χ1) is 15.2. The summed E-state index contributed by atoms with van der Waals surface area (Å²) < 4.78 is 88.3. The van der Waals surface area contributed by atoms with Gasteiger partial charge in [0, 0.05) is 23.8 Å². The summed E-state index contributed by atoms with van der Waals surface area (Å²) in [6, 6.07) is 0.869. The van der Waals surface area contributed by atoms with E-state index in [1.54, 1.807) is 0 Å². The number of methoxy groups -OCH3 is 1. The lowest BCUT2D eigenvalue weighted by molar-refractivity contribution is -0.572. The molecule has 0 saturated carbocycles. The maximum Gasteiger partial charge on any atom is 0.416 e. The molecule has 1 N–H and O–H groups in total. The van der Waals surface area contributed by atoms with Gasteiger partial charge in [-0.15, -0.1) is 0 Å². The molecule has 0 unspecified atom stereocenters. The highest BCUT2D eigenvalue weighted by molar-refractivity contribution is 5.69. The van der Waals surface area contributed by atoms with E-state index in [4.69, 9.17) is 4.74 Å². The number of hydrogen-bond donors (Lipinski definition) is 1. The van der Waals surface area contributed by atoms with E-state index in [1.807, 2.05) is 0 Å². The molecule has 2 rings (SSSR count). The van der Waals surface area contributed by atoms with E-state index in [0.29, 0.717) is 12.1 Å². The molecule has 1 saturated heterocycles. The lowest BCUT2D eigenvalue weighted by Gasteiger charge is -2.34. The SMILES string of the molecule is COC(=O)CC[C@@]1([N+](=O)[O-])CC[C@H](CO[C@H](C)c2cc(C(F)(F)F)cc(C(F)(F)F)c2)NC1. The van der Waals surface area contributed by atoms with Crippen LogP contribution in [0.15, 0.2) is 18.2 Å². The molecule has 1 aliphatic heterocycles. The number of rotatable bonds is 8. The highest BCUT2D eigenvalue weighted by Gasteiger charge is 2.46. The standard InChI is InChI=1S/C20H24F6N2O5/c1-12(13-7-14(19(21,22)23)9-15(8-13)20(24,25)26)33-10-16-3-5-18(11-27-16,28(30)31)6-4-17(29)32-2/h7-9,12,16,27H,3-6,10-11H2,1-2H3/t12-,16-,18+/m1/s1. The Hall–Kier alpha value is -2.41. The van der Waals surface area contributed by atoms with E-state index in [9.17, 15) is 41.3 Å². The van der Waals surface area contributed by atoms with Gasteiger partial charge in [0.15, 0.2) is 0 Å². The lowest BCUT2D eigenvalue weighted by atomic mass is 9.84. The fourth-order valence-electron chi connectivity index (χ4n) is 3.58. The van der Waals surface area contributed by atoms with Gasteiger partial charge in [-0.1, -0.05) is 0 Å². The number of nitrogens with zero attached hydrogens (tertiary/aromatic N) is 1. The van der Waals surface area contributed by atoms with Gasteiger partial charge in [0.05, 0.1) is 43.9 Å². The summed E-state index contributed by atoms with van der Waals surface area (Å²) in [5, 5.41) is 14.5. The van der Waals surface area contributed by atoms with Crippen LogP contribution in [-0.2, 0) is 26.6 Å². The van der Waals surface area contributed by atoms with Gasteiger partial charge in [-0.2, -0.15) is 26.3 Å². The summed E-state index contributed by atoms with van der Waals surface area (Å²) in [6.07, 6.45) is -10.8. The number of alkyl halides is 6. The minimum absolute atomic E-state index is 0.0336. The molecule has 1 aromatic carbocycles. The maximum absolute atomic E-state index is 13.0. The molecule has 1 heterocycles. The van der Waals surface area contributed by atoms with Crippen molar-refractivity contribution in [1.29, 1.82) is 0 Å². The van der Waals surface area contributed by atoms with E-state index < -0.39 is 52.1 Å². The van der Waals surface area contributed by atoms with Crippen molar-refractivity contribution >= 4 is 5.97 Å². The van der Waals surface area contributed by atoms with Gasteiger partial charge in [0.25, 0.3) is 0 Å². The largest absolute Gasteiger partial charge is 0.469 e. The minimum atomic E-state index is -4.96. The third-order valence-electron chi connectivity index (χ3n) is 5.71. The third kappa shape index (κ3) is 7.03. The predicted molar refractivity (Wildman–Crippen MR) is 103 cm³/mol. The summed E-state index contributed by atoms with van der Waals surface area (Å²) in [5.41, 5.74) is -4.52. The molecule has 0 aromatic heterocycles. The average molecular weight is 486 g/mol. The molecule has 0 bridgehead atoms. The quantitative estimate of drug-likeness (QED) is 0.252. The van der Waals surface area contributed by atoms with Crippen LogP contribution in [0.5, 0.6) is 0 Å². The second-order valence-electron chi connectivity index (χ2n) is 7.99. The Morgan fingerprint density at radius 2 is 1.79 bits per heavy atom. The zero-order valence-corrected chi connectivity index (χ0v) is 17.9. The van der Waals surface area contributed by atoms with Crippen LogP contribution in [0.4, 0.5) is 26.3 Å². The molecular formula is C20H24F6N2O5. The van der Waals surface area contributed by atoms with Crippen LogP contribution in [0.2, 0.25) is 0 Å². The maximum atomic E-state index is 13.0. The second kappa shape index (κ2) is 10.2. The highest BCUT2D eigenvalue weighted by Crippen LogP contribution is 2.38.